The summed E-state index contributed by atoms with van der Waals surface area (Å²) in [5.41, 5.74) is 3.68. The van der Waals surface area contributed by atoms with Gasteiger partial charge in [-0.05, 0) is 67.1 Å². The van der Waals surface area contributed by atoms with Crippen molar-refractivity contribution in [2.45, 2.75) is 6.92 Å². The number of rotatable bonds is 5. The number of fused-ring (bicyclic) bond motifs is 1. The Morgan fingerprint density at radius 3 is 2.83 bits per heavy atom. The van der Waals surface area contributed by atoms with E-state index in [1.807, 2.05) is 31.2 Å². The van der Waals surface area contributed by atoms with Gasteiger partial charge in [0.05, 0.1) is 0 Å². The molecule has 0 spiro atoms. The Kier molecular flexibility index (Phi) is 5.56. The van der Waals surface area contributed by atoms with E-state index in [0.717, 1.165) is 15.6 Å². The highest BCUT2D eigenvalue weighted by atomic mass is 79.9. The van der Waals surface area contributed by atoms with E-state index in [2.05, 4.69) is 26.2 Å². The predicted octanol–water partition coefficient (Wildman–Crippen LogP) is 6.24. The lowest BCUT2D eigenvalue weighted by atomic mass is 10.2. The smallest absolute Gasteiger partial charge is 0.262 e. The molecule has 0 unspecified atom stereocenters. The molecule has 0 radical (unpaired) electrons. The maximum atomic E-state index is 12.2. The first kappa shape index (κ1) is 19.5. The lowest BCUT2D eigenvalue weighted by molar-refractivity contribution is -0.118. The molecule has 1 amide bonds. The molecule has 0 fully saturated rings. The van der Waals surface area contributed by atoms with Crippen LogP contribution in [0, 0.1) is 6.92 Å². The van der Waals surface area contributed by atoms with Gasteiger partial charge in [0.25, 0.3) is 5.91 Å². The summed E-state index contributed by atoms with van der Waals surface area (Å²) in [6.45, 7) is 1.77. The van der Waals surface area contributed by atoms with E-state index < -0.39 is 0 Å². The Labute approximate surface area is 180 Å². The first-order valence-corrected chi connectivity index (χ1v) is 10.0. The van der Waals surface area contributed by atoms with Gasteiger partial charge in [-0.3, -0.25) is 4.79 Å². The van der Waals surface area contributed by atoms with Crippen LogP contribution >= 0.6 is 27.5 Å². The van der Waals surface area contributed by atoms with Crippen LogP contribution in [0.25, 0.3) is 22.6 Å². The number of carbonyl (C=O) groups excluding carboxylic acids is 1. The average molecular weight is 472 g/mol. The molecule has 0 aliphatic rings. The molecule has 29 heavy (non-hydrogen) atoms. The van der Waals surface area contributed by atoms with Crippen molar-refractivity contribution in [1.82, 2.24) is 4.98 Å². The quantitative estimate of drug-likeness (QED) is 0.374. The maximum Gasteiger partial charge on any atom is 0.262 e. The minimum Gasteiger partial charge on any atom is -0.484 e. The van der Waals surface area contributed by atoms with Crippen LogP contribution in [0.5, 0.6) is 5.75 Å². The van der Waals surface area contributed by atoms with Gasteiger partial charge in [-0.2, -0.15) is 0 Å². The second kappa shape index (κ2) is 8.27. The van der Waals surface area contributed by atoms with Crippen LogP contribution < -0.4 is 10.1 Å². The predicted molar refractivity (Wildman–Crippen MR) is 117 cm³/mol. The molecule has 4 aromatic rings. The van der Waals surface area contributed by atoms with Crippen molar-refractivity contribution in [3.63, 3.8) is 0 Å². The number of aryl methyl sites for hydroxylation is 1. The fraction of sp³-hybridized carbons (Fsp3) is 0.0909. The molecular weight excluding hydrogens is 456 g/mol. The number of carbonyl (C=O) groups is 1. The third-order valence-corrected chi connectivity index (χ3v) is 5.16. The van der Waals surface area contributed by atoms with Crippen LogP contribution in [0.3, 0.4) is 0 Å². The number of hydrogen-bond acceptors (Lipinski definition) is 4. The highest BCUT2D eigenvalue weighted by Gasteiger charge is 2.11. The SMILES string of the molecule is Cc1cc(OCC(=O)Nc2ccc3oc(-c4cccc(Br)c4)nc3c2)ccc1Cl. The molecule has 1 N–H and O–H groups in total. The number of aromatic nitrogens is 1. The molecule has 0 saturated heterocycles. The van der Waals surface area contributed by atoms with Crippen LogP contribution in [0.4, 0.5) is 5.69 Å². The van der Waals surface area contributed by atoms with Crippen LogP contribution in [0.15, 0.2) is 69.6 Å². The monoisotopic (exact) mass is 470 g/mol. The van der Waals surface area contributed by atoms with Crippen LogP contribution in [-0.4, -0.2) is 17.5 Å². The van der Waals surface area contributed by atoms with Gasteiger partial charge < -0.3 is 14.5 Å². The molecule has 0 atom stereocenters. The van der Waals surface area contributed by atoms with Gasteiger partial charge in [0.1, 0.15) is 11.3 Å². The van der Waals surface area contributed by atoms with Gasteiger partial charge in [0, 0.05) is 20.7 Å². The zero-order chi connectivity index (χ0) is 20.4. The molecule has 4 rings (SSSR count). The summed E-state index contributed by atoms with van der Waals surface area (Å²) in [5, 5.41) is 3.47. The first-order chi connectivity index (χ1) is 14.0. The van der Waals surface area contributed by atoms with Crippen molar-refractivity contribution in [3.05, 3.63) is 75.7 Å². The van der Waals surface area contributed by atoms with Crippen LogP contribution in [-0.2, 0) is 4.79 Å². The zero-order valence-electron chi connectivity index (χ0n) is 15.4. The van der Waals surface area contributed by atoms with E-state index in [0.29, 0.717) is 33.4 Å². The molecule has 7 heteroatoms. The minimum atomic E-state index is -0.271. The second-order valence-corrected chi connectivity index (χ2v) is 7.78. The van der Waals surface area contributed by atoms with Crippen molar-refractivity contribution >= 4 is 50.2 Å². The van der Waals surface area contributed by atoms with Gasteiger partial charge in [0.2, 0.25) is 5.89 Å². The highest BCUT2D eigenvalue weighted by molar-refractivity contribution is 9.10. The number of nitrogens with one attached hydrogen (secondary N) is 1. The summed E-state index contributed by atoms with van der Waals surface area (Å²) < 4.78 is 12.3. The fourth-order valence-corrected chi connectivity index (χ4v) is 3.32. The third kappa shape index (κ3) is 4.60. The second-order valence-electron chi connectivity index (χ2n) is 6.46. The van der Waals surface area contributed by atoms with E-state index in [1.165, 1.54) is 0 Å². The van der Waals surface area contributed by atoms with Crippen LogP contribution in [0.2, 0.25) is 5.02 Å². The number of oxazole rings is 1. The zero-order valence-corrected chi connectivity index (χ0v) is 17.8. The Morgan fingerprint density at radius 1 is 1.17 bits per heavy atom. The van der Waals surface area contributed by atoms with Crippen molar-refractivity contribution in [1.29, 1.82) is 0 Å². The number of nitrogens with zero attached hydrogens (tertiary/aromatic N) is 1. The van der Waals surface area contributed by atoms with Gasteiger partial charge >= 0.3 is 0 Å². The number of anilines is 1. The lowest BCUT2D eigenvalue weighted by Crippen LogP contribution is -2.20. The Bertz CT molecular complexity index is 1210. The van der Waals surface area contributed by atoms with E-state index >= 15 is 0 Å². The van der Waals surface area contributed by atoms with Gasteiger partial charge in [-0.15, -0.1) is 0 Å². The molecule has 1 aromatic heterocycles. The lowest BCUT2D eigenvalue weighted by Gasteiger charge is -2.08. The maximum absolute atomic E-state index is 12.2. The Hall–Kier alpha value is -2.83. The summed E-state index contributed by atoms with van der Waals surface area (Å²) in [6.07, 6.45) is 0. The third-order valence-electron chi connectivity index (χ3n) is 4.24. The largest absolute Gasteiger partial charge is 0.484 e. The number of halogens is 2. The standard InChI is InChI=1S/C22H16BrClN2O3/c1-13-9-17(6-7-18(13)24)28-12-21(27)25-16-5-8-20-19(11-16)26-22(29-20)14-3-2-4-15(23)10-14/h2-11H,12H2,1H3,(H,25,27). The van der Waals surface area contributed by atoms with E-state index in [1.54, 1.807) is 36.4 Å². The van der Waals surface area contributed by atoms with E-state index in [-0.39, 0.29) is 12.5 Å². The van der Waals surface area contributed by atoms with E-state index in [4.69, 9.17) is 20.8 Å². The van der Waals surface area contributed by atoms with Crippen molar-refractivity contribution in [2.75, 3.05) is 11.9 Å². The molecular formula is C22H16BrClN2O3. The summed E-state index contributed by atoms with van der Waals surface area (Å²) in [7, 11) is 0. The number of hydrogen-bond donors (Lipinski definition) is 1. The molecule has 1 heterocycles. The Balaban J connectivity index is 1.45. The number of amides is 1. The van der Waals surface area contributed by atoms with E-state index in [9.17, 15) is 4.79 Å². The fourth-order valence-electron chi connectivity index (χ4n) is 2.80. The van der Waals surface area contributed by atoms with Gasteiger partial charge in [-0.25, -0.2) is 4.98 Å². The molecule has 3 aromatic carbocycles. The number of benzene rings is 3. The van der Waals surface area contributed by atoms with Crippen LogP contribution in [0.1, 0.15) is 5.56 Å². The highest BCUT2D eigenvalue weighted by Crippen LogP contribution is 2.28. The molecule has 0 saturated carbocycles. The normalized spacial score (nSPS) is 10.9. The molecule has 0 aliphatic heterocycles. The summed E-state index contributed by atoms with van der Waals surface area (Å²) >= 11 is 9.44. The summed E-state index contributed by atoms with van der Waals surface area (Å²) in [5.74, 6) is 0.839. The Morgan fingerprint density at radius 2 is 2.03 bits per heavy atom. The van der Waals surface area contributed by atoms with Gasteiger partial charge in [-0.1, -0.05) is 33.6 Å². The van der Waals surface area contributed by atoms with Crippen molar-refractivity contribution in [3.8, 4) is 17.2 Å². The molecule has 0 aliphatic carbocycles. The molecule has 0 bridgehead atoms. The van der Waals surface area contributed by atoms with Gasteiger partial charge in [0.15, 0.2) is 12.2 Å². The molecule has 146 valence electrons. The van der Waals surface area contributed by atoms with Crippen molar-refractivity contribution in [2.24, 2.45) is 0 Å². The average Bonchev–Trinajstić information content (AvgIpc) is 3.12. The summed E-state index contributed by atoms with van der Waals surface area (Å²) in [4.78, 5) is 16.7. The summed E-state index contributed by atoms with van der Waals surface area (Å²) in [6, 6.07) is 18.3. The van der Waals surface area contributed by atoms with Crippen molar-refractivity contribution < 1.29 is 13.9 Å². The number of ether oxygens (including phenoxy) is 1. The first-order valence-electron chi connectivity index (χ1n) is 8.83. The molecule has 5 nitrogen and oxygen atoms in total. The minimum absolute atomic E-state index is 0.110. The topological polar surface area (TPSA) is 64.4 Å².